The Morgan fingerprint density at radius 3 is 2.38 bits per heavy atom. The Morgan fingerprint density at radius 2 is 1.69 bits per heavy atom. The van der Waals surface area contributed by atoms with Gasteiger partial charge in [0.2, 0.25) is 5.91 Å². The first-order chi connectivity index (χ1) is 12.7. The monoisotopic (exact) mass is 358 g/mol. The van der Waals surface area contributed by atoms with Crippen LogP contribution in [0.3, 0.4) is 0 Å². The van der Waals surface area contributed by atoms with E-state index >= 15 is 0 Å². The standard InChI is InChI=1S/C21H30N2O3/c1-2-20(24)23-14-6-7-17(15-23)16-26-19-10-8-18(9-11-19)21(25)22-12-4-3-5-13-22/h8-11,17H,2-7,12-16H2,1H3. The number of likely N-dealkylation sites (tertiary alicyclic amines) is 2. The van der Waals surface area contributed by atoms with Crippen LogP contribution in [0.4, 0.5) is 0 Å². The summed E-state index contributed by atoms with van der Waals surface area (Å²) >= 11 is 0. The number of rotatable bonds is 5. The lowest BCUT2D eigenvalue weighted by atomic mass is 9.98. The maximum atomic E-state index is 12.5. The number of nitrogens with zero attached hydrogens (tertiary/aromatic N) is 2. The van der Waals surface area contributed by atoms with Crippen LogP contribution in [0.25, 0.3) is 0 Å². The van der Waals surface area contributed by atoms with Crippen molar-refractivity contribution in [3.05, 3.63) is 29.8 Å². The van der Waals surface area contributed by atoms with Gasteiger partial charge in [-0.1, -0.05) is 6.92 Å². The predicted molar refractivity (Wildman–Crippen MR) is 101 cm³/mol. The Balaban J connectivity index is 1.49. The van der Waals surface area contributed by atoms with E-state index in [2.05, 4.69) is 0 Å². The molecule has 3 rings (SSSR count). The molecule has 2 fully saturated rings. The van der Waals surface area contributed by atoms with E-state index in [0.29, 0.717) is 18.9 Å². The van der Waals surface area contributed by atoms with Gasteiger partial charge in [-0.3, -0.25) is 9.59 Å². The van der Waals surface area contributed by atoms with Gasteiger partial charge in [-0.25, -0.2) is 0 Å². The molecule has 2 amide bonds. The van der Waals surface area contributed by atoms with Crippen molar-refractivity contribution in [2.75, 3.05) is 32.8 Å². The SMILES string of the molecule is CCC(=O)N1CCCC(COc2ccc(C(=O)N3CCCCC3)cc2)C1. The molecule has 1 atom stereocenters. The first-order valence-corrected chi connectivity index (χ1v) is 9.97. The highest BCUT2D eigenvalue weighted by Crippen LogP contribution is 2.21. The van der Waals surface area contributed by atoms with Gasteiger partial charge in [0.1, 0.15) is 5.75 Å². The zero-order valence-corrected chi connectivity index (χ0v) is 15.8. The van der Waals surface area contributed by atoms with Gasteiger partial charge < -0.3 is 14.5 Å². The van der Waals surface area contributed by atoms with Crippen molar-refractivity contribution < 1.29 is 14.3 Å². The molecular formula is C21H30N2O3. The smallest absolute Gasteiger partial charge is 0.253 e. The second-order valence-corrected chi connectivity index (χ2v) is 7.39. The molecule has 2 aliphatic rings. The molecule has 1 aromatic rings. The van der Waals surface area contributed by atoms with Gasteiger partial charge in [0.05, 0.1) is 6.61 Å². The number of carbonyl (C=O) groups is 2. The van der Waals surface area contributed by atoms with Crippen molar-refractivity contribution in [2.24, 2.45) is 5.92 Å². The molecule has 5 nitrogen and oxygen atoms in total. The van der Waals surface area contributed by atoms with Crippen molar-refractivity contribution in [3.63, 3.8) is 0 Å². The number of piperidine rings is 2. The Bertz CT molecular complexity index is 608. The van der Waals surface area contributed by atoms with Gasteiger partial charge in [-0.2, -0.15) is 0 Å². The van der Waals surface area contributed by atoms with Crippen LogP contribution in [0.1, 0.15) is 55.8 Å². The van der Waals surface area contributed by atoms with Gasteiger partial charge in [0.15, 0.2) is 0 Å². The van der Waals surface area contributed by atoms with Crippen LogP contribution in [0.5, 0.6) is 5.75 Å². The summed E-state index contributed by atoms with van der Waals surface area (Å²) in [6.45, 7) is 5.92. The van der Waals surface area contributed by atoms with Crippen LogP contribution in [0, 0.1) is 5.92 Å². The number of amides is 2. The Morgan fingerprint density at radius 1 is 1.00 bits per heavy atom. The summed E-state index contributed by atoms with van der Waals surface area (Å²) in [7, 11) is 0. The summed E-state index contributed by atoms with van der Waals surface area (Å²) in [6, 6.07) is 7.49. The zero-order chi connectivity index (χ0) is 18.4. The van der Waals surface area contributed by atoms with Crippen LogP contribution in [-0.2, 0) is 4.79 Å². The number of benzene rings is 1. The van der Waals surface area contributed by atoms with Crippen LogP contribution in [0.15, 0.2) is 24.3 Å². The molecule has 1 unspecified atom stereocenters. The number of hydrogen-bond acceptors (Lipinski definition) is 3. The normalized spacial score (nSPS) is 20.7. The zero-order valence-electron chi connectivity index (χ0n) is 15.8. The topological polar surface area (TPSA) is 49.9 Å². The quantitative estimate of drug-likeness (QED) is 0.811. The lowest BCUT2D eigenvalue weighted by molar-refractivity contribution is -0.132. The van der Waals surface area contributed by atoms with Gasteiger partial charge >= 0.3 is 0 Å². The van der Waals surface area contributed by atoms with E-state index in [-0.39, 0.29) is 11.8 Å². The van der Waals surface area contributed by atoms with E-state index in [9.17, 15) is 9.59 Å². The van der Waals surface area contributed by atoms with Gasteiger partial charge in [0, 0.05) is 44.1 Å². The Labute approximate surface area is 156 Å². The fraction of sp³-hybridized carbons (Fsp3) is 0.619. The van der Waals surface area contributed by atoms with E-state index in [4.69, 9.17) is 4.74 Å². The lowest BCUT2D eigenvalue weighted by Gasteiger charge is -2.32. The van der Waals surface area contributed by atoms with E-state index in [1.807, 2.05) is 41.0 Å². The molecule has 0 bridgehead atoms. The average molecular weight is 358 g/mol. The molecule has 2 heterocycles. The molecule has 0 saturated carbocycles. The minimum absolute atomic E-state index is 0.122. The predicted octanol–water partition coefficient (Wildman–Crippen LogP) is 3.34. The van der Waals surface area contributed by atoms with E-state index in [0.717, 1.165) is 63.2 Å². The molecular weight excluding hydrogens is 328 g/mol. The van der Waals surface area contributed by atoms with E-state index in [1.165, 1.54) is 6.42 Å². The molecule has 0 radical (unpaired) electrons. The molecule has 5 heteroatoms. The van der Waals surface area contributed by atoms with Crippen molar-refractivity contribution >= 4 is 11.8 Å². The van der Waals surface area contributed by atoms with Crippen LogP contribution in [-0.4, -0.2) is 54.4 Å². The molecule has 2 aliphatic heterocycles. The van der Waals surface area contributed by atoms with Crippen LogP contribution < -0.4 is 4.74 Å². The minimum atomic E-state index is 0.122. The maximum absolute atomic E-state index is 12.5. The largest absolute Gasteiger partial charge is 0.493 e. The number of hydrogen-bond donors (Lipinski definition) is 0. The summed E-state index contributed by atoms with van der Waals surface area (Å²) in [6.07, 6.45) is 6.14. The molecule has 0 N–H and O–H groups in total. The molecule has 0 aromatic heterocycles. The van der Waals surface area contributed by atoms with Crippen LogP contribution in [0.2, 0.25) is 0 Å². The van der Waals surface area contributed by atoms with Crippen molar-refractivity contribution in [2.45, 2.75) is 45.4 Å². The van der Waals surface area contributed by atoms with Crippen molar-refractivity contribution in [1.29, 1.82) is 0 Å². The number of carbonyl (C=O) groups excluding carboxylic acids is 2. The minimum Gasteiger partial charge on any atom is -0.493 e. The summed E-state index contributed by atoms with van der Waals surface area (Å²) in [4.78, 5) is 28.3. The highest BCUT2D eigenvalue weighted by atomic mass is 16.5. The third-order valence-electron chi connectivity index (χ3n) is 5.40. The summed E-state index contributed by atoms with van der Waals surface area (Å²) < 4.78 is 5.92. The van der Waals surface area contributed by atoms with Crippen molar-refractivity contribution in [1.82, 2.24) is 9.80 Å². The highest BCUT2D eigenvalue weighted by Gasteiger charge is 2.23. The van der Waals surface area contributed by atoms with E-state index in [1.54, 1.807) is 0 Å². The second-order valence-electron chi connectivity index (χ2n) is 7.39. The van der Waals surface area contributed by atoms with Gasteiger partial charge in [-0.15, -0.1) is 0 Å². The first kappa shape index (κ1) is 18.7. The lowest BCUT2D eigenvalue weighted by Crippen LogP contribution is -2.41. The fourth-order valence-corrected chi connectivity index (χ4v) is 3.84. The summed E-state index contributed by atoms with van der Waals surface area (Å²) in [5.74, 6) is 1.53. The van der Waals surface area contributed by atoms with Crippen LogP contribution >= 0.6 is 0 Å². The fourth-order valence-electron chi connectivity index (χ4n) is 3.84. The highest BCUT2D eigenvalue weighted by molar-refractivity contribution is 5.94. The molecule has 0 spiro atoms. The molecule has 142 valence electrons. The number of ether oxygens (including phenoxy) is 1. The van der Waals surface area contributed by atoms with Gasteiger partial charge in [0.25, 0.3) is 5.91 Å². The van der Waals surface area contributed by atoms with Gasteiger partial charge in [-0.05, 0) is 56.4 Å². The molecule has 2 saturated heterocycles. The maximum Gasteiger partial charge on any atom is 0.253 e. The Kier molecular flexibility index (Phi) is 6.53. The second kappa shape index (κ2) is 9.06. The summed E-state index contributed by atoms with van der Waals surface area (Å²) in [5.41, 5.74) is 0.733. The summed E-state index contributed by atoms with van der Waals surface area (Å²) in [5, 5.41) is 0. The molecule has 26 heavy (non-hydrogen) atoms. The van der Waals surface area contributed by atoms with E-state index < -0.39 is 0 Å². The molecule has 1 aromatic carbocycles. The first-order valence-electron chi connectivity index (χ1n) is 9.97. The van der Waals surface area contributed by atoms with Crippen molar-refractivity contribution in [3.8, 4) is 5.75 Å². The third kappa shape index (κ3) is 4.77. The molecule has 0 aliphatic carbocycles. The average Bonchev–Trinajstić information content (AvgIpc) is 2.72. The third-order valence-corrected chi connectivity index (χ3v) is 5.40. The Hall–Kier alpha value is -2.04.